The second-order valence-electron chi connectivity index (χ2n) is 2.52. The quantitative estimate of drug-likeness (QED) is 0.767. The molecule has 0 unspecified atom stereocenters. The van der Waals surface area contributed by atoms with E-state index in [0.717, 1.165) is 6.20 Å². The van der Waals surface area contributed by atoms with E-state index in [0.29, 0.717) is 0 Å². The molecule has 0 aliphatic carbocycles. The molecular formula is C9H12F4N2O. The predicted octanol–water partition coefficient (Wildman–Crippen LogP) is 3.04. The number of halogens is 4. The molecule has 0 radical (unpaired) electrons. The maximum Gasteiger partial charge on any atom is 0.574 e. The second-order valence-corrected chi connectivity index (χ2v) is 2.52. The summed E-state index contributed by atoms with van der Waals surface area (Å²) in [5, 5.41) is 0. The number of anilines is 1. The minimum atomic E-state index is -4.98. The van der Waals surface area contributed by atoms with E-state index in [9.17, 15) is 17.6 Å². The molecule has 0 aromatic carbocycles. The highest BCUT2D eigenvalue weighted by Crippen LogP contribution is 2.27. The molecule has 0 aliphatic heterocycles. The topological polar surface area (TPSA) is 48.1 Å². The lowest BCUT2D eigenvalue weighted by Crippen LogP contribution is -2.19. The van der Waals surface area contributed by atoms with E-state index in [-0.39, 0.29) is 5.56 Å². The highest BCUT2D eigenvalue weighted by atomic mass is 19.4. The van der Waals surface area contributed by atoms with E-state index >= 15 is 0 Å². The molecule has 16 heavy (non-hydrogen) atoms. The van der Waals surface area contributed by atoms with Crippen molar-refractivity contribution in [2.45, 2.75) is 27.1 Å². The molecule has 1 rings (SSSR count). The third-order valence-corrected chi connectivity index (χ3v) is 1.44. The number of nitrogens with zero attached hydrogens (tertiary/aromatic N) is 1. The van der Waals surface area contributed by atoms with Crippen LogP contribution in [-0.4, -0.2) is 11.3 Å². The summed E-state index contributed by atoms with van der Waals surface area (Å²) < 4.78 is 51.3. The summed E-state index contributed by atoms with van der Waals surface area (Å²) in [6.45, 7) is 5.42. The Morgan fingerprint density at radius 3 is 2.25 bits per heavy atom. The van der Waals surface area contributed by atoms with E-state index in [1.54, 1.807) is 0 Å². The Morgan fingerprint density at radius 2 is 1.81 bits per heavy atom. The summed E-state index contributed by atoms with van der Waals surface area (Å²) in [7, 11) is 0. The van der Waals surface area contributed by atoms with Gasteiger partial charge in [0.05, 0.1) is 5.69 Å². The summed E-state index contributed by atoms with van der Waals surface area (Å²) in [6.07, 6.45) is -3.98. The number of hydrogen-bond donors (Lipinski definition) is 1. The van der Waals surface area contributed by atoms with Crippen LogP contribution in [0.4, 0.5) is 23.2 Å². The third-order valence-electron chi connectivity index (χ3n) is 1.44. The fraction of sp³-hybridized carbons (Fsp3) is 0.444. The molecule has 92 valence electrons. The fourth-order valence-electron chi connectivity index (χ4n) is 0.751. The number of nitrogen functional groups attached to an aromatic ring is 1. The number of pyridine rings is 1. The van der Waals surface area contributed by atoms with Crippen molar-refractivity contribution < 1.29 is 22.3 Å². The van der Waals surface area contributed by atoms with Crippen LogP contribution in [0.3, 0.4) is 0 Å². The van der Waals surface area contributed by atoms with Gasteiger partial charge in [-0.25, -0.2) is 4.98 Å². The van der Waals surface area contributed by atoms with Gasteiger partial charge in [0.1, 0.15) is 0 Å². The van der Waals surface area contributed by atoms with Gasteiger partial charge in [0.25, 0.3) is 5.88 Å². The largest absolute Gasteiger partial charge is 0.574 e. The van der Waals surface area contributed by atoms with Crippen LogP contribution >= 0.6 is 0 Å². The van der Waals surface area contributed by atoms with Crippen molar-refractivity contribution >= 4 is 5.69 Å². The number of aromatic nitrogens is 1. The lowest BCUT2D eigenvalue weighted by atomic mass is 10.2. The lowest BCUT2D eigenvalue weighted by molar-refractivity contribution is -0.277. The summed E-state index contributed by atoms with van der Waals surface area (Å²) in [4.78, 5) is 3.13. The van der Waals surface area contributed by atoms with Crippen LogP contribution in [0.5, 0.6) is 5.88 Å². The van der Waals surface area contributed by atoms with Crippen LogP contribution in [-0.2, 0) is 0 Å². The molecule has 7 heteroatoms. The van der Waals surface area contributed by atoms with Crippen molar-refractivity contribution in [2.24, 2.45) is 0 Å². The van der Waals surface area contributed by atoms with Gasteiger partial charge in [-0.3, -0.25) is 0 Å². The van der Waals surface area contributed by atoms with Gasteiger partial charge >= 0.3 is 6.36 Å². The molecule has 2 N–H and O–H groups in total. The van der Waals surface area contributed by atoms with Gasteiger partial charge < -0.3 is 10.5 Å². The molecule has 0 aliphatic rings. The molecule has 1 aromatic rings. The van der Waals surface area contributed by atoms with Crippen LogP contribution in [0.2, 0.25) is 0 Å². The first-order valence-corrected chi connectivity index (χ1v) is 4.47. The van der Waals surface area contributed by atoms with Gasteiger partial charge in [0.2, 0.25) is 5.82 Å². The lowest BCUT2D eigenvalue weighted by Gasteiger charge is -2.10. The van der Waals surface area contributed by atoms with Crippen LogP contribution in [0.25, 0.3) is 0 Å². The molecule has 0 fully saturated rings. The average Bonchev–Trinajstić information content (AvgIpc) is 2.21. The van der Waals surface area contributed by atoms with Crippen LogP contribution < -0.4 is 10.5 Å². The molecule has 0 spiro atoms. The molecule has 0 saturated heterocycles. The molecule has 0 amide bonds. The monoisotopic (exact) mass is 240 g/mol. The van der Waals surface area contributed by atoms with Gasteiger partial charge in [0, 0.05) is 6.20 Å². The average molecular weight is 240 g/mol. The number of alkyl halides is 3. The fourth-order valence-corrected chi connectivity index (χ4v) is 0.751. The molecule has 3 nitrogen and oxygen atoms in total. The van der Waals surface area contributed by atoms with Crippen LogP contribution in [0.15, 0.2) is 6.20 Å². The highest BCUT2D eigenvalue weighted by Gasteiger charge is 2.33. The Balaban J connectivity index is 0.00000106. The van der Waals surface area contributed by atoms with Gasteiger partial charge in [-0.05, 0) is 12.5 Å². The Hall–Kier alpha value is -1.53. The maximum atomic E-state index is 13.0. The molecular weight excluding hydrogens is 228 g/mol. The summed E-state index contributed by atoms with van der Waals surface area (Å²) >= 11 is 0. The van der Waals surface area contributed by atoms with Gasteiger partial charge in [0.15, 0.2) is 0 Å². The number of rotatable bonds is 1. The minimum Gasteiger partial charge on any atom is -0.396 e. The first-order chi connectivity index (χ1) is 7.31. The molecule has 0 bridgehead atoms. The van der Waals surface area contributed by atoms with Gasteiger partial charge in [-0.1, -0.05) is 13.8 Å². The first kappa shape index (κ1) is 14.5. The number of aryl methyl sites for hydroxylation is 1. The number of nitrogens with two attached hydrogens (primary N) is 1. The minimum absolute atomic E-state index is 0.247. The second kappa shape index (κ2) is 5.53. The van der Waals surface area contributed by atoms with Gasteiger partial charge in [-0.2, -0.15) is 4.39 Å². The first-order valence-electron chi connectivity index (χ1n) is 4.47. The SMILES string of the molecule is CC.Cc1cnc(OC(F)(F)F)c(F)c1N. The Labute approximate surface area is 90.2 Å². The standard InChI is InChI=1S/C7H6F4N2O.C2H6/c1-3-2-13-6(4(8)5(3)12)14-7(9,10)11;1-2/h2H,1H3,(H2,12,13);1-2H3. The maximum absolute atomic E-state index is 13.0. The number of ether oxygens (including phenoxy) is 1. The zero-order valence-electron chi connectivity index (χ0n) is 9.02. The smallest absolute Gasteiger partial charge is 0.396 e. The van der Waals surface area contributed by atoms with Crippen molar-refractivity contribution in [1.29, 1.82) is 0 Å². The Kier molecular flexibility index (Phi) is 5.00. The molecule has 1 heterocycles. The van der Waals surface area contributed by atoms with E-state index in [4.69, 9.17) is 5.73 Å². The summed E-state index contributed by atoms with van der Waals surface area (Å²) in [5.74, 6) is -2.47. The van der Waals surface area contributed by atoms with Crippen molar-refractivity contribution in [3.63, 3.8) is 0 Å². The zero-order valence-corrected chi connectivity index (χ0v) is 9.02. The predicted molar refractivity (Wildman–Crippen MR) is 51.4 cm³/mol. The zero-order chi connectivity index (χ0) is 12.9. The van der Waals surface area contributed by atoms with E-state index < -0.39 is 23.7 Å². The Morgan fingerprint density at radius 1 is 1.31 bits per heavy atom. The van der Waals surface area contributed by atoms with Gasteiger partial charge in [-0.15, -0.1) is 13.2 Å². The third kappa shape index (κ3) is 3.92. The van der Waals surface area contributed by atoms with Crippen LogP contribution in [0, 0.1) is 12.7 Å². The summed E-state index contributed by atoms with van der Waals surface area (Å²) in [6, 6.07) is 0. The Bertz CT molecular complexity index is 352. The van der Waals surface area contributed by atoms with E-state index in [1.807, 2.05) is 13.8 Å². The number of hydrogen-bond acceptors (Lipinski definition) is 3. The highest BCUT2D eigenvalue weighted by molar-refractivity contribution is 5.49. The molecule has 1 aromatic heterocycles. The van der Waals surface area contributed by atoms with Crippen molar-refractivity contribution in [1.82, 2.24) is 4.98 Å². The van der Waals surface area contributed by atoms with Crippen molar-refractivity contribution in [3.8, 4) is 5.88 Å². The normalized spacial score (nSPS) is 10.4. The molecule has 0 saturated carbocycles. The van der Waals surface area contributed by atoms with E-state index in [1.165, 1.54) is 6.92 Å². The summed E-state index contributed by atoms with van der Waals surface area (Å²) in [5.41, 5.74) is 4.98. The van der Waals surface area contributed by atoms with Crippen molar-refractivity contribution in [2.75, 3.05) is 5.73 Å². The van der Waals surface area contributed by atoms with Crippen molar-refractivity contribution in [3.05, 3.63) is 17.6 Å². The van der Waals surface area contributed by atoms with Crippen LogP contribution in [0.1, 0.15) is 19.4 Å². The van der Waals surface area contributed by atoms with E-state index in [2.05, 4.69) is 9.72 Å². The molecule has 0 atom stereocenters.